The molecule has 0 saturated carbocycles. The molecule has 5 heteroatoms. The van der Waals surface area contributed by atoms with Crippen molar-refractivity contribution < 1.29 is 9.50 Å². The Labute approximate surface area is 107 Å². The third-order valence-electron chi connectivity index (χ3n) is 2.83. The molecule has 3 rings (SSSR count). The minimum Gasteiger partial charge on any atom is -0.507 e. The van der Waals surface area contributed by atoms with Gasteiger partial charge in [-0.3, -0.25) is 4.79 Å². The number of nitrogens with one attached hydrogen (secondary N) is 1. The molecule has 0 aliphatic heterocycles. The zero-order valence-electron chi connectivity index (χ0n) is 9.72. The number of rotatable bonds is 1. The number of halogens is 1. The Hall–Kier alpha value is -2.69. The number of aromatic nitrogens is 2. The van der Waals surface area contributed by atoms with Crippen molar-refractivity contribution in [3.63, 3.8) is 0 Å². The monoisotopic (exact) mass is 256 g/mol. The third-order valence-corrected chi connectivity index (χ3v) is 2.83. The number of hydrogen-bond donors (Lipinski definition) is 2. The summed E-state index contributed by atoms with van der Waals surface area (Å²) in [4.78, 5) is 18.7. The summed E-state index contributed by atoms with van der Waals surface area (Å²) in [6.07, 6.45) is 0. The molecule has 2 aromatic carbocycles. The lowest BCUT2D eigenvalue weighted by atomic mass is 10.1. The van der Waals surface area contributed by atoms with Gasteiger partial charge in [-0.25, -0.2) is 9.37 Å². The summed E-state index contributed by atoms with van der Waals surface area (Å²) >= 11 is 0. The molecule has 94 valence electrons. The van der Waals surface area contributed by atoms with Crippen LogP contribution in [-0.2, 0) is 0 Å². The van der Waals surface area contributed by atoms with Crippen molar-refractivity contribution in [3.8, 4) is 17.1 Å². The number of aromatic hydroxyl groups is 1. The van der Waals surface area contributed by atoms with E-state index in [2.05, 4.69) is 9.97 Å². The summed E-state index contributed by atoms with van der Waals surface area (Å²) in [7, 11) is 0. The van der Waals surface area contributed by atoms with Crippen LogP contribution in [0.1, 0.15) is 0 Å². The van der Waals surface area contributed by atoms with Gasteiger partial charge in [0.05, 0.1) is 16.5 Å². The van der Waals surface area contributed by atoms with Gasteiger partial charge in [-0.15, -0.1) is 0 Å². The van der Waals surface area contributed by atoms with Gasteiger partial charge in [-0.2, -0.15) is 0 Å². The van der Waals surface area contributed by atoms with E-state index in [9.17, 15) is 14.3 Å². The highest BCUT2D eigenvalue weighted by atomic mass is 19.1. The molecule has 0 fully saturated rings. The number of benzene rings is 2. The fraction of sp³-hybridized carbons (Fsp3) is 0. The van der Waals surface area contributed by atoms with Crippen LogP contribution >= 0.6 is 0 Å². The topological polar surface area (TPSA) is 66.0 Å². The summed E-state index contributed by atoms with van der Waals surface area (Å²) in [6.45, 7) is 0. The Morgan fingerprint density at radius 1 is 1.16 bits per heavy atom. The van der Waals surface area contributed by atoms with Crippen LogP contribution in [0.5, 0.6) is 5.75 Å². The normalized spacial score (nSPS) is 10.8. The zero-order chi connectivity index (χ0) is 13.4. The first kappa shape index (κ1) is 11.4. The van der Waals surface area contributed by atoms with Crippen LogP contribution in [0.15, 0.2) is 47.3 Å². The van der Waals surface area contributed by atoms with E-state index in [0.29, 0.717) is 11.1 Å². The third kappa shape index (κ3) is 1.95. The van der Waals surface area contributed by atoms with Gasteiger partial charge in [-0.1, -0.05) is 12.1 Å². The summed E-state index contributed by atoms with van der Waals surface area (Å²) in [6, 6.07) is 10.4. The maximum atomic E-state index is 13.1. The highest BCUT2D eigenvalue weighted by molar-refractivity contribution is 5.80. The molecular weight excluding hydrogens is 247 g/mol. The summed E-state index contributed by atoms with van der Waals surface area (Å²) in [5.74, 6) is -0.218. The van der Waals surface area contributed by atoms with Gasteiger partial charge in [-0.05, 0) is 30.3 Å². The second-order valence-corrected chi connectivity index (χ2v) is 4.09. The van der Waals surface area contributed by atoms with Gasteiger partial charge >= 0.3 is 0 Å². The molecule has 0 saturated heterocycles. The number of phenols is 1. The number of phenolic OH excluding ortho intramolecular Hbond substituents is 1. The average Bonchev–Trinajstić information content (AvgIpc) is 2.40. The predicted molar refractivity (Wildman–Crippen MR) is 69.4 cm³/mol. The van der Waals surface area contributed by atoms with Crippen molar-refractivity contribution in [3.05, 3.63) is 58.6 Å². The van der Waals surface area contributed by atoms with Crippen molar-refractivity contribution in [1.82, 2.24) is 9.97 Å². The van der Waals surface area contributed by atoms with Crippen LogP contribution < -0.4 is 5.56 Å². The highest BCUT2D eigenvalue weighted by Crippen LogP contribution is 2.25. The van der Waals surface area contributed by atoms with Crippen molar-refractivity contribution >= 4 is 10.9 Å². The molecule has 0 atom stereocenters. The molecule has 0 amide bonds. The van der Waals surface area contributed by atoms with Crippen molar-refractivity contribution in [1.29, 1.82) is 0 Å². The largest absolute Gasteiger partial charge is 0.507 e. The van der Waals surface area contributed by atoms with Crippen LogP contribution in [-0.4, -0.2) is 15.1 Å². The quantitative estimate of drug-likeness (QED) is 0.702. The van der Waals surface area contributed by atoms with Crippen LogP contribution in [0.4, 0.5) is 4.39 Å². The molecule has 0 spiro atoms. The first-order valence-electron chi connectivity index (χ1n) is 5.63. The predicted octanol–water partition coefficient (Wildman–Crippen LogP) is 2.43. The highest BCUT2D eigenvalue weighted by Gasteiger charge is 2.09. The Morgan fingerprint density at radius 2 is 1.95 bits per heavy atom. The van der Waals surface area contributed by atoms with Crippen LogP contribution in [0, 0.1) is 5.82 Å². The SMILES string of the molecule is O=c1[nH]c(-c2ccccc2O)nc2ccc(F)cc12. The smallest absolute Gasteiger partial charge is 0.259 e. The summed E-state index contributed by atoms with van der Waals surface area (Å²) in [5, 5.41) is 9.93. The van der Waals surface area contributed by atoms with E-state index in [4.69, 9.17) is 0 Å². The van der Waals surface area contributed by atoms with Crippen molar-refractivity contribution in [2.24, 2.45) is 0 Å². The lowest BCUT2D eigenvalue weighted by Gasteiger charge is -2.05. The molecule has 0 aliphatic rings. The Kier molecular flexibility index (Phi) is 2.52. The maximum absolute atomic E-state index is 13.1. The van der Waals surface area contributed by atoms with Gasteiger partial charge in [0.1, 0.15) is 17.4 Å². The molecular formula is C14H9FN2O2. The van der Waals surface area contributed by atoms with Gasteiger partial charge in [0.25, 0.3) is 5.56 Å². The fourth-order valence-electron chi connectivity index (χ4n) is 1.91. The lowest BCUT2D eigenvalue weighted by molar-refractivity contribution is 0.477. The molecule has 3 aromatic rings. The van der Waals surface area contributed by atoms with Gasteiger partial charge in [0, 0.05) is 0 Å². The summed E-state index contributed by atoms with van der Waals surface area (Å²) < 4.78 is 13.1. The maximum Gasteiger partial charge on any atom is 0.259 e. The molecule has 0 bridgehead atoms. The molecule has 2 N–H and O–H groups in total. The molecule has 4 nitrogen and oxygen atoms in total. The number of nitrogens with zero attached hydrogens (tertiary/aromatic N) is 1. The standard InChI is InChI=1S/C14H9FN2O2/c15-8-5-6-11-10(7-8)14(19)17-13(16-11)9-3-1-2-4-12(9)18/h1-7,18H,(H,16,17,19). The van der Waals surface area contributed by atoms with Crippen LogP contribution in [0.3, 0.4) is 0 Å². The molecule has 0 unspecified atom stereocenters. The number of H-pyrrole nitrogens is 1. The van der Waals surface area contributed by atoms with E-state index in [1.807, 2.05) is 0 Å². The van der Waals surface area contributed by atoms with Gasteiger partial charge in [0.15, 0.2) is 0 Å². The Morgan fingerprint density at radius 3 is 2.74 bits per heavy atom. The Bertz CT molecular complexity index is 827. The molecule has 0 radical (unpaired) electrons. The minimum atomic E-state index is -0.491. The number of hydrogen-bond acceptors (Lipinski definition) is 3. The molecule has 0 aliphatic carbocycles. The zero-order valence-corrected chi connectivity index (χ0v) is 9.72. The number of aromatic amines is 1. The van der Waals surface area contributed by atoms with Crippen LogP contribution in [0.25, 0.3) is 22.3 Å². The molecule has 19 heavy (non-hydrogen) atoms. The van der Waals surface area contributed by atoms with E-state index in [0.717, 1.165) is 6.07 Å². The second-order valence-electron chi connectivity index (χ2n) is 4.09. The Balaban J connectivity index is 2.31. The number of para-hydroxylation sites is 1. The number of fused-ring (bicyclic) bond motifs is 1. The first-order chi connectivity index (χ1) is 9.15. The molecule has 1 heterocycles. The van der Waals surface area contributed by atoms with E-state index < -0.39 is 11.4 Å². The van der Waals surface area contributed by atoms with E-state index >= 15 is 0 Å². The minimum absolute atomic E-state index is 0.0205. The first-order valence-corrected chi connectivity index (χ1v) is 5.63. The fourth-order valence-corrected chi connectivity index (χ4v) is 1.91. The summed E-state index contributed by atoms with van der Waals surface area (Å²) in [5.41, 5.74) is 0.358. The van der Waals surface area contributed by atoms with E-state index in [1.165, 1.54) is 18.2 Å². The van der Waals surface area contributed by atoms with Gasteiger partial charge < -0.3 is 10.1 Å². The van der Waals surface area contributed by atoms with Gasteiger partial charge in [0.2, 0.25) is 0 Å². The lowest BCUT2D eigenvalue weighted by Crippen LogP contribution is -2.09. The van der Waals surface area contributed by atoms with E-state index in [-0.39, 0.29) is 17.0 Å². The molecule has 1 aromatic heterocycles. The average molecular weight is 256 g/mol. The second kappa shape index (κ2) is 4.20. The van der Waals surface area contributed by atoms with E-state index in [1.54, 1.807) is 18.2 Å². The van der Waals surface area contributed by atoms with Crippen molar-refractivity contribution in [2.75, 3.05) is 0 Å². The van der Waals surface area contributed by atoms with Crippen LogP contribution in [0.2, 0.25) is 0 Å². The van der Waals surface area contributed by atoms with Crippen molar-refractivity contribution in [2.45, 2.75) is 0 Å².